The van der Waals surface area contributed by atoms with Gasteiger partial charge in [0.15, 0.2) is 0 Å². The summed E-state index contributed by atoms with van der Waals surface area (Å²) in [7, 11) is 0. The number of hydrogen-bond donors (Lipinski definition) is 0. The van der Waals surface area contributed by atoms with Crippen LogP contribution in [0, 0.1) is 10.1 Å². The van der Waals surface area contributed by atoms with Gasteiger partial charge in [0.1, 0.15) is 11.3 Å². The van der Waals surface area contributed by atoms with Crippen LogP contribution >= 0.6 is 11.6 Å². The largest absolute Gasteiger partial charge is 0.332 e. The number of hydrogen-bond acceptors (Lipinski definition) is 4. The number of aromatic nitrogens is 1. The van der Waals surface area contributed by atoms with Crippen molar-refractivity contribution in [2.75, 3.05) is 6.54 Å². The molecule has 1 amide bonds. The van der Waals surface area contributed by atoms with Crippen molar-refractivity contribution in [2.45, 2.75) is 18.9 Å². The predicted molar refractivity (Wildman–Crippen MR) is 70.2 cm³/mol. The summed E-state index contributed by atoms with van der Waals surface area (Å²) in [6.07, 6.45) is 4.52. The third-order valence-corrected chi connectivity index (χ3v) is 3.14. The SMILES string of the molecule is C=CCN(C(=O)c1cc([N+](=O)[O-])cnc1Cl)C1CC1. The monoisotopic (exact) mass is 281 g/mol. The zero-order valence-corrected chi connectivity index (χ0v) is 10.8. The fraction of sp³-hybridized carbons (Fsp3) is 0.333. The van der Waals surface area contributed by atoms with Gasteiger partial charge in [-0.3, -0.25) is 14.9 Å². The van der Waals surface area contributed by atoms with Crippen molar-refractivity contribution in [1.29, 1.82) is 0 Å². The van der Waals surface area contributed by atoms with Crippen molar-refractivity contribution in [2.24, 2.45) is 0 Å². The van der Waals surface area contributed by atoms with Gasteiger partial charge in [-0.25, -0.2) is 4.98 Å². The molecule has 100 valence electrons. The Morgan fingerprint density at radius 2 is 2.37 bits per heavy atom. The molecule has 19 heavy (non-hydrogen) atoms. The van der Waals surface area contributed by atoms with E-state index in [1.165, 1.54) is 0 Å². The number of carbonyl (C=O) groups excluding carboxylic acids is 1. The quantitative estimate of drug-likeness (QED) is 0.359. The molecule has 2 rings (SSSR count). The Hall–Kier alpha value is -1.95. The van der Waals surface area contributed by atoms with E-state index in [-0.39, 0.29) is 28.4 Å². The molecule has 0 aliphatic heterocycles. The second-order valence-electron chi connectivity index (χ2n) is 4.27. The van der Waals surface area contributed by atoms with E-state index in [9.17, 15) is 14.9 Å². The maximum atomic E-state index is 12.3. The Labute approximate surface area is 114 Å². The molecule has 0 atom stereocenters. The second kappa shape index (κ2) is 5.36. The number of nitro groups is 1. The summed E-state index contributed by atoms with van der Waals surface area (Å²) in [6.45, 7) is 4.00. The molecule has 1 aromatic heterocycles. The van der Waals surface area contributed by atoms with Crippen LogP contribution in [0.5, 0.6) is 0 Å². The molecule has 0 radical (unpaired) electrons. The lowest BCUT2D eigenvalue weighted by Gasteiger charge is -2.20. The maximum absolute atomic E-state index is 12.3. The normalized spacial score (nSPS) is 13.9. The molecular formula is C12H12ClN3O3. The minimum absolute atomic E-state index is 0.0229. The standard InChI is InChI=1S/C12H12ClN3O3/c1-2-5-15(8-3-4-8)12(17)10-6-9(16(18)19)7-14-11(10)13/h2,6-8H,1,3-5H2. The van der Waals surface area contributed by atoms with E-state index in [0.717, 1.165) is 25.1 Å². The highest BCUT2D eigenvalue weighted by molar-refractivity contribution is 6.32. The fourth-order valence-electron chi connectivity index (χ4n) is 1.76. The van der Waals surface area contributed by atoms with E-state index in [2.05, 4.69) is 11.6 Å². The molecule has 1 heterocycles. The number of carbonyl (C=O) groups is 1. The van der Waals surface area contributed by atoms with Crippen molar-refractivity contribution in [3.05, 3.63) is 45.7 Å². The van der Waals surface area contributed by atoms with Gasteiger partial charge in [-0.1, -0.05) is 17.7 Å². The Morgan fingerprint density at radius 3 is 2.89 bits per heavy atom. The molecule has 1 aliphatic carbocycles. The van der Waals surface area contributed by atoms with Gasteiger partial charge in [0.05, 0.1) is 10.5 Å². The second-order valence-corrected chi connectivity index (χ2v) is 4.62. The summed E-state index contributed by atoms with van der Waals surface area (Å²) in [5.41, 5.74) is -0.188. The molecule has 1 aromatic rings. The minimum Gasteiger partial charge on any atom is -0.332 e. The topological polar surface area (TPSA) is 76.3 Å². The number of halogens is 1. The molecule has 0 N–H and O–H groups in total. The average molecular weight is 282 g/mol. The minimum atomic E-state index is -0.602. The molecule has 0 saturated heterocycles. The van der Waals surface area contributed by atoms with Gasteiger partial charge in [-0.2, -0.15) is 0 Å². The Morgan fingerprint density at radius 1 is 1.68 bits per heavy atom. The number of amides is 1. The zero-order chi connectivity index (χ0) is 14.0. The number of pyridine rings is 1. The molecule has 0 spiro atoms. The molecular weight excluding hydrogens is 270 g/mol. The zero-order valence-electron chi connectivity index (χ0n) is 10.1. The van der Waals surface area contributed by atoms with Crippen LogP contribution < -0.4 is 0 Å². The Bertz CT molecular complexity index is 543. The smallest absolute Gasteiger partial charge is 0.288 e. The first-order valence-corrected chi connectivity index (χ1v) is 6.14. The first kappa shape index (κ1) is 13.5. The highest BCUT2D eigenvalue weighted by atomic mass is 35.5. The molecule has 0 unspecified atom stereocenters. The summed E-state index contributed by atoms with van der Waals surface area (Å²) >= 11 is 5.86. The maximum Gasteiger partial charge on any atom is 0.288 e. The van der Waals surface area contributed by atoms with Crippen LogP contribution in [-0.2, 0) is 0 Å². The lowest BCUT2D eigenvalue weighted by atomic mass is 10.2. The van der Waals surface area contributed by atoms with E-state index in [0.29, 0.717) is 6.54 Å². The van der Waals surface area contributed by atoms with Crippen LogP contribution in [0.2, 0.25) is 5.15 Å². The summed E-state index contributed by atoms with van der Waals surface area (Å²) in [6, 6.07) is 1.33. The highest BCUT2D eigenvalue weighted by Crippen LogP contribution is 2.30. The van der Waals surface area contributed by atoms with Crippen LogP contribution in [0.1, 0.15) is 23.2 Å². The Kier molecular flexibility index (Phi) is 3.80. The summed E-state index contributed by atoms with van der Waals surface area (Å²) in [5, 5.41) is 10.7. The fourth-order valence-corrected chi connectivity index (χ4v) is 1.95. The van der Waals surface area contributed by atoms with E-state index >= 15 is 0 Å². The molecule has 7 heteroatoms. The molecule has 1 aliphatic rings. The molecule has 1 saturated carbocycles. The van der Waals surface area contributed by atoms with Gasteiger partial charge in [-0.15, -0.1) is 6.58 Å². The lowest BCUT2D eigenvalue weighted by molar-refractivity contribution is -0.385. The van der Waals surface area contributed by atoms with Crippen molar-refractivity contribution < 1.29 is 9.72 Å². The van der Waals surface area contributed by atoms with Crippen LogP contribution in [0.4, 0.5) is 5.69 Å². The van der Waals surface area contributed by atoms with E-state index in [1.54, 1.807) is 11.0 Å². The van der Waals surface area contributed by atoms with Gasteiger partial charge in [0.25, 0.3) is 11.6 Å². The van der Waals surface area contributed by atoms with Gasteiger partial charge < -0.3 is 4.90 Å². The first-order chi connectivity index (χ1) is 9.04. The average Bonchev–Trinajstić information content (AvgIpc) is 3.19. The number of rotatable bonds is 5. The Balaban J connectivity index is 2.33. The van der Waals surface area contributed by atoms with Gasteiger partial charge >= 0.3 is 0 Å². The third kappa shape index (κ3) is 2.90. The van der Waals surface area contributed by atoms with Crippen molar-refractivity contribution >= 4 is 23.2 Å². The summed E-state index contributed by atoms with van der Waals surface area (Å²) in [4.78, 5) is 27.8. The molecule has 6 nitrogen and oxygen atoms in total. The van der Waals surface area contributed by atoms with Crippen LogP contribution in [0.25, 0.3) is 0 Å². The summed E-state index contributed by atoms with van der Waals surface area (Å²) in [5.74, 6) is -0.344. The van der Waals surface area contributed by atoms with Gasteiger partial charge in [-0.05, 0) is 12.8 Å². The predicted octanol–water partition coefficient (Wildman–Crippen LogP) is 2.43. The highest BCUT2D eigenvalue weighted by Gasteiger charge is 2.33. The molecule has 1 fully saturated rings. The van der Waals surface area contributed by atoms with Crippen molar-refractivity contribution in [1.82, 2.24) is 9.88 Å². The van der Waals surface area contributed by atoms with E-state index < -0.39 is 4.92 Å². The molecule has 0 bridgehead atoms. The van der Waals surface area contributed by atoms with Crippen molar-refractivity contribution in [3.8, 4) is 0 Å². The molecule has 0 aromatic carbocycles. The lowest BCUT2D eigenvalue weighted by Crippen LogP contribution is -2.33. The van der Waals surface area contributed by atoms with E-state index in [1.807, 2.05) is 0 Å². The van der Waals surface area contributed by atoms with Crippen molar-refractivity contribution in [3.63, 3.8) is 0 Å². The van der Waals surface area contributed by atoms with Crippen LogP contribution in [0.3, 0.4) is 0 Å². The van der Waals surface area contributed by atoms with E-state index in [4.69, 9.17) is 11.6 Å². The number of nitrogens with zero attached hydrogens (tertiary/aromatic N) is 3. The first-order valence-electron chi connectivity index (χ1n) is 5.76. The summed E-state index contributed by atoms with van der Waals surface area (Å²) < 4.78 is 0. The van der Waals surface area contributed by atoms with Crippen LogP contribution in [0.15, 0.2) is 24.9 Å². The van der Waals surface area contributed by atoms with Gasteiger partial charge in [0, 0.05) is 18.7 Å². The van der Waals surface area contributed by atoms with Gasteiger partial charge in [0.2, 0.25) is 0 Å². The van der Waals surface area contributed by atoms with Crippen LogP contribution in [-0.4, -0.2) is 33.3 Å². The third-order valence-electron chi connectivity index (χ3n) is 2.84.